The van der Waals surface area contributed by atoms with Crippen LogP contribution in [-0.4, -0.2) is 31.0 Å². The molecule has 1 aromatic heterocycles. The van der Waals surface area contributed by atoms with E-state index in [4.69, 9.17) is 5.73 Å². The lowest BCUT2D eigenvalue weighted by molar-refractivity contribution is -0.384. The summed E-state index contributed by atoms with van der Waals surface area (Å²) in [5, 5.41) is 24.0. The van der Waals surface area contributed by atoms with Crippen LogP contribution < -0.4 is 11.1 Å². The third kappa shape index (κ3) is 2.46. The Hall–Kier alpha value is -3.04. The third-order valence-electron chi connectivity index (χ3n) is 2.23. The number of amides is 1. The van der Waals surface area contributed by atoms with E-state index in [-0.39, 0.29) is 17.2 Å². The van der Waals surface area contributed by atoms with Crippen molar-refractivity contribution in [2.45, 2.75) is 0 Å². The fraction of sp³-hybridized carbons (Fsp3) is 0.111. The van der Waals surface area contributed by atoms with Crippen LogP contribution in [0.1, 0.15) is 10.4 Å². The van der Waals surface area contributed by atoms with Gasteiger partial charge in [-0.05, 0) is 17.3 Å². The van der Waals surface area contributed by atoms with Crippen molar-refractivity contribution in [2.75, 3.05) is 11.1 Å². The lowest BCUT2D eigenvalue weighted by atomic mass is 10.1. The minimum Gasteiger partial charge on any atom is -0.393 e. The largest absolute Gasteiger partial charge is 0.393 e. The summed E-state index contributed by atoms with van der Waals surface area (Å²) in [5.41, 5.74) is 4.77. The van der Waals surface area contributed by atoms with Crippen LogP contribution in [-0.2, 0) is 7.05 Å². The summed E-state index contributed by atoms with van der Waals surface area (Å²) in [4.78, 5) is 23.2. The van der Waals surface area contributed by atoms with Crippen molar-refractivity contribution >= 4 is 23.2 Å². The highest BCUT2D eigenvalue weighted by Gasteiger charge is 2.23. The number of aryl methyl sites for hydroxylation is 1. The van der Waals surface area contributed by atoms with Gasteiger partial charge in [-0.25, -0.2) is 0 Å². The fourth-order valence-electron chi connectivity index (χ4n) is 1.45. The van der Waals surface area contributed by atoms with Crippen LogP contribution in [0.3, 0.4) is 0 Å². The molecule has 0 unspecified atom stereocenters. The summed E-state index contributed by atoms with van der Waals surface area (Å²) in [5.74, 6) is -0.781. The molecule has 3 N–H and O–H groups in total. The van der Waals surface area contributed by atoms with Gasteiger partial charge in [0.15, 0.2) is 0 Å². The topological polar surface area (TPSA) is 142 Å². The number of para-hydroxylation sites is 1. The molecular formula is C9H9N7O3. The summed E-state index contributed by atoms with van der Waals surface area (Å²) in [6.45, 7) is 0. The lowest BCUT2D eigenvalue weighted by Crippen LogP contribution is -2.16. The van der Waals surface area contributed by atoms with Gasteiger partial charge in [-0.3, -0.25) is 20.2 Å². The summed E-state index contributed by atoms with van der Waals surface area (Å²) in [7, 11) is 1.52. The lowest BCUT2D eigenvalue weighted by Gasteiger charge is -2.03. The zero-order valence-electron chi connectivity index (χ0n) is 9.77. The second kappa shape index (κ2) is 4.68. The molecule has 0 radical (unpaired) electrons. The van der Waals surface area contributed by atoms with Gasteiger partial charge in [0.25, 0.3) is 11.9 Å². The van der Waals surface area contributed by atoms with E-state index >= 15 is 0 Å². The minimum absolute atomic E-state index is 0.0516. The average molecular weight is 263 g/mol. The predicted octanol–water partition coefficient (Wildman–Crippen LogP) is -0.0472. The van der Waals surface area contributed by atoms with Gasteiger partial charge in [-0.2, -0.15) is 4.80 Å². The molecular weight excluding hydrogens is 254 g/mol. The number of benzene rings is 1. The molecule has 1 amide bonds. The van der Waals surface area contributed by atoms with Crippen molar-refractivity contribution in [3.63, 3.8) is 0 Å². The van der Waals surface area contributed by atoms with Gasteiger partial charge >= 0.3 is 5.69 Å². The van der Waals surface area contributed by atoms with E-state index in [2.05, 4.69) is 20.7 Å². The molecule has 0 saturated heterocycles. The van der Waals surface area contributed by atoms with E-state index in [0.29, 0.717) is 0 Å². The van der Waals surface area contributed by atoms with E-state index in [0.717, 1.165) is 4.80 Å². The zero-order valence-corrected chi connectivity index (χ0v) is 9.77. The summed E-state index contributed by atoms with van der Waals surface area (Å²) in [6, 6.07) is 4.08. The summed E-state index contributed by atoms with van der Waals surface area (Å²) in [6.07, 6.45) is 0. The molecule has 0 fully saturated rings. The van der Waals surface area contributed by atoms with Gasteiger partial charge in [0.05, 0.1) is 12.0 Å². The van der Waals surface area contributed by atoms with Gasteiger partial charge in [-0.15, -0.1) is 5.10 Å². The number of anilines is 2. The first-order chi connectivity index (χ1) is 8.99. The number of nitro groups is 1. The normalized spacial score (nSPS) is 10.2. The highest BCUT2D eigenvalue weighted by atomic mass is 16.6. The van der Waals surface area contributed by atoms with Gasteiger partial charge in [0, 0.05) is 0 Å². The molecule has 1 heterocycles. The van der Waals surface area contributed by atoms with Crippen LogP contribution in [0.25, 0.3) is 0 Å². The Kier molecular flexibility index (Phi) is 3.06. The van der Waals surface area contributed by atoms with Crippen molar-refractivity contribution in [2.24, 2.45) is 7.05 Å². The van der Waals surface area contributed by atoms with E-state index in [1.807, 2.05) is 0 Å². The van der Waals surface area contributed by atoms with Crippen LogP contribution in [0.15, 0.2) is 18.2 Å². The molecule has 10 heteroatoms. The van der Waals surface area contributed by atoms with E-state index < -0.39 is 16.5 Å². The second-order valence-electron chi connectivity index (χ2n) is 3.56. The molecule has 2 rings (SSSR count). The molecule has 0 aliphatic heterocycles. The van der Waals surface area contributed by atoms with Crippen molar-refractivity contribution in [3.05, 3.63) is 33.9 Å². The molecule has 0 bridgehead atoms. The van der Waals surface area contributed by atoms with Gasteiger partial charge in [-0.1, -0.05) is 11.2 Å². The van der Waals surface area contributed by atoms with Crippen LogP contribution in [0.5, 0.6) is 0 Å². The first kappa shape index (κ1) is 12.4. The maximum atomic E-state index is 11.9. The molecule has 0 atom stereocenters. The van der Waals surface area contributed by atoms with Crippen LogP contribution in [0.4, 0.5) is 17.3 Å². The van der Waals surface area contributed by atoms with Crippen molar-refractivity contribution in [1.82, 2.24) is 20.2 Å². The Morgan fingerprint density at radius 3 is 2.84 bits per heavy atom. The quantitative estimate of drug-likeness (QED) is 0.449. The number of aromatic nitrogens is 4. The number of nitrogens with two attached hydrogens (primary N) is 1. The molecule has 10 nitrogen and oxygen atoms in total. The Morgan fingerprint density at radius 2 is 2.26 bits per heavy atom. The number of nitrogens with one attached hydrogen (secondary N) is 1. The number of nitrogens with zero attached hydrogens (tertiary/aromatic N) is 5. The number of rotatable bonds is 3. The van der Waals surface area contributed by atoms with Gasteiger partial charge in [0.2, 0.25) is 0 Å². The van der Waals surface area contributed by atoms with Crippen LogP contribution >= 0.6 is 0 Å². The van der Waals surface area contributed by atoms with Crippen LogP contribution in [0.2, 0.25) is 0 Å². The smallest absolute Gasteiger partial charge is 0.304 e. The maximum Gasteiger partial charge on any atom is 0.304 e. The maximum absolute atomic E-state index is 11.9. The van der Waals surface area contributed by atoms with Crippen molar-refractivity contribution in [3.8, 4) is 0 Å². The highest BCUT2D eigenvalue weighted by molar-refractivity contribution is 6.07. The van der Waals surface area contributed by atoms with Gasteiger partial charge in [0.1, 0.15) is 11.3 Å². The number of carbonyl (C=O) groups is 1. The molecule has 0 saturated carbocycles. The minimum atomic E-state index is -0.730. The summed E-state index contributed by atoms with van der Waals surface area (Å²) < 4.78 is 0. The second-order valence-corrected chi connectivity index (χ2v) is 3.56. The number of hydrogen-bond acceptors (Lipinski definition) is 7. The Morgan fingerprint density at radius 1 is 1.53 bits per heavy atom. The fourth-order valence-corrected chi connectivity index (χ4v) is 1.45. The number of tetrazole rings is 1. The third-order valence-corrected chi connectivity index (χ3v) is 2.23. The SMILES string of the molecule is Cn1nnc(NC(=O)c2cccc(N)c2[N+](=O)[O-])n1. The monoisotopic (exact) mass is 263 g/mol. The highest BCUT2D eigenvalue weighted by Crippen LogP contribution is 2.26. The molecule has 98 valence electrons. The Bertz CT molecular complexity index is 651. The first-order valence-corrected chi connectivity index (χ1v) is 5.07. The van der Waals surface area contributed by atoms with Crippen molar-refractivity contribution in [1.29, 1.82) is 0 Å². The van der Waals surface area contributed by atoms with Gasteiger partial charge < -0.3 is 5.73 Å². The Balaban J connectivity index is 2.34. The van der Waals surface area contributed by atoms with Crippen molar-refractivity contribution < 1.29 is 9.72 Å². The van der Waals surface area contributed by atoms with E-state index in [1.165, 1.54) is 25.2 Å². The first-order valence-electron chi connectivity index (χ1n) is 5.07. The molecule has 0 aliphatic rings. The summed E-state index contributed by atoms with van der Waals surface area (Å²) >= 11 is 0. The van der Waals surface area contributed by atoms with E-state index in [9.17, 15) is 14.9 Å². The number of nitro benzene ring substituents is 1. The standard InChI is InChI=1S/C9H9N7O3/c1-15-13-9(12-14-15)11-8(17)5-3-2-4-6(10)7(5)16(18)19/h2-4H,10H2,1H3,(H,11,13,17). The number of nitrogen functional groups attached to an aromatic ring is 1. The zero-order chi connectivity index (χ0) is 14.0. The van der Waals surface area contributed by atoms with Crippen LogP contribution in [0, 0.1) is 10.1 Å². The number of hydrogen-bond donors (Lipinski definition) is 2. The average Bonchev–Trinajstić information content (AvgIpc) is 2.73. The molecule has 0 aliphatic carbocycles. The molecule has 0 spiro atoms. The molecule has 2 aromatic rings. The predicted molar refractivity (Wildman–Crippen MR) is 64.3 cm³/mol. The Labute approximate surface area is 106 Å². The molecule has 19 heavy (non-hydrogen) atoms. The molecule has 1 aromatic carbocycles. The van der Waals surface area contributed by atoms with E-state index in [1.54, 1.807) is 0 Å². The number of carbonyl (C=O) groups excluding carboxylic acids is 1.